The van der Waals surface area contributed by atoms with Gasteiger partial charge in [0.15, 0.2) is 0 Å². The van der Waals surface area contributed by atoms with Crippen molar-refractivity contribution in [2.75, 3.05) is 13.7 Å². The van der Waals surface area contributed by atoms with Gasteiger partial charge in [-0.2, -0.15) is 0 Å². The van der Waals surface area contributed by atoms with Gasteiger partial charge in [-0.3, -0.25) is 4.79 Å². The van der Waals surface area contributed by atoms with E-state index in [0.717, 1.165) is 22.6 Å². The van der Waals surface area contributed by atoms with Gasteiger partial charge in [-0.15, -0.1) is 0 Å². The lowest BCUT2D eigenvalue weighted by Gasteiger charge is -2.18. The van der Waals surface area contributed by atoms with Crippen LogP contribution in [0.25, 0.3) is 11.3 Å². The second-order valence-corrected chi connectivity index (χ2v) is 5.50. The summed E-state index contributed by atoms with van der Waals surface area (Å²) < 4.78 is 7.32. The minimum absolute atomic E-state index is 0.0655. The largest absolute Gasteiger partial charge is 0.494 e. The molecule has 1 N–H and O–H groups in total. The number of hydrogen-bond acceptors (Lipinski definition) is 3. The molecule has 0 fully saturated rings. The third-order valence-electron chi connectivity index (χ3n) is 3.54. The monoisotopic (exact) mass is 300 g/mol. The second kappa shape index (κ2) is 7.27. The summed E-state index contributed by atoms with van der Waals surface area (Å²) in [5, 5.41) is 3.04. The number of nitrogens with one attached hydrogen (secondary N) is 1. The van der Waals surface area contributed by atoms with Crippen LogP contribution in [-0.4, -0.2) is 18.2 Å². The first kappa shape index (κ1) is 16.3. The maximum Gasteiger partial charge on any atom is 0.255 e. The predicted molar refractivity (Wildman–Crippen MR) is 90.5 cm³/mol. The topological polar surface area (TPSA) is 43.3 Å². The highest BCUT2D eigenvalue weighted by Gasteiger charge is 2.12. The Balaban J connectivity index is 2.50. The number of rotatable bonds is 6. The zero-order valence-corrected chi connectivity index (χ0v) is 13.7. The first-order valence-electron chi connectivity index (χ1n) is 7.70. The van der Waals surface area contributed by atoms with E-state index in [1.807, 2.05) is 68.8 Å². The van der Waals surface area contributed by atoms with Crippen molar-refractivity contribution in [3.05, 3.63) is 52.3 Å². The van der Waals surface area contributed by atoms with Gasteiger partial charge in [-0.25, -0.2) is 0 Å². The Labute approximate surface area is 131 Å². The van der Waals surface area contributed by atoms with Gasteiger partial charge in [0, 0.05) is 18.2 Å². The van der Waals surface area contributed by atoms with E-state index < -0.39 is 0 Å². The van der Waals surface area contributed by atoms with Gasteiger partial charge in [-0.05, 0) is 63.7 Å². The molecule has 1 heterocycles. The highest BCUT2D eigenvalue weighted by atomic mass is 16.5. The predicted octanol–water partition coefficient (Wildman–Crippen LogP) is 3.21. The molecule has 0 atom stereocenters. The number of pyridine rings is 1. The lowest BCUT2D eigenvalue weighted by Crippen LogP contribution is -2.28. The normalized spacial score (nSPS) is 11.0. The van der Waals surface area contributed by atoms with E-state index in [-0.39, 0.29) is 11.6 Å². The molecule has 118 valence electrons. The average Bonchev–Trinajstić information content (AvgIpc) is 2.50. The van der Waals surface area contributed by atoms with Crippen molar-refractivity contribution in [2.45, 2.75) is 33.4 Å². The van der Waals surface area contributed by atoms with Crippen molar-refractivity contribution in [3.8, 4) is 17.0 Å². The summed E-state index contributed by atoms with van der Waals surface area (Å²) in [5.41, 5.74) is 2.80. The van der Waals surface area contributed by atoms with Crippen LogP contribution in [0.15, 0.2) is 41.2 Å². The number of aromatic nitrogens is 1. The Morgan fingerprint density at radius 3 is 2.36 bits per heavy atom. The van der Waals surface area contributed by atoms with Crippen LogP contribution >= 0.6 is 0 Å². The van der Waals surface area contributed by atoms with Gasteiger partial charge >= 0.3 is 0 Å². The number of nitrogens with zero attached hydrogens (tertiary/aromatic N) is 1. The molecule has 0 radical (unpaired) electrons. The average molecular weight is 300 g/mol. The molecule has 2 rings (SSSR count). The summed E-state index contributed by atoms with van der Waals surface area (Å²) in [7, 11) is 1.85. The molecule has 0 amide bonds. The standard InChI is InChI=1S/C18H24N2O2/c1-5-22-16-9-6-14(7-10-16)17-11-8-15(12-19-4)18(21)20(17)13(2)3/h6-11,13,19H,5,12H2,1-4H3. The van der Waals surface area contributed by atoms with Crippen molar-refractivity contribution in [3.63, 3.8) is 0 Å². The Morgan fingerprint density at radius 1 is 1.14 bits per heavy atom. The van der Waals surface area contributed by atoms with Gasteiger partial charge in [-0.1, -0.05) is 6.07 Å². The highest BCUT2D eigenvalue weighted by molar-refractivity contribution is 5.61. The third-order valence-corrected chi connectivity index (χ3v) is 3.54. The van der Waals surface area contributed by atoms with E-state index in [4.69, 9.17) is 4.74 Å². The zero-order valence-electron chi connectivity index (χ0n) is 13.7. The van der Waals surface area contributed by atoms with E-state index in [0.29, 0.717) is 13.2 Å². The molecular weight excluding hydrogens is 276 g/mol. The quantitative estimate of drug-likeness (QED) is 0.891. The van der Waals surface area contributed by atoms with Crippen molar-refractivity contribution in [2.24, 2.45) is 0 Å². The molecule has 2 aromatic rings. The maximum atomic E-state index is 12.7. The number of benzene rings is 1. The molecule has 4 nitrogen and oxygen atoms in total. The van der Waals surface area contributed by atoms with Crippen LogP contribution in [-0.2, 0) is 6.54 Å². The fourth-order valence-corrected chi connectivity index (χ4v) is 2.56. The number of ether oxygens (including phenoxy) is 1. The number of hydrogen-bond donors (Lipinski definition) is 1. The smallest absolute Gasteiger partial charge is 0.255 e. The van der Waals surface area contributed by atoms with E-state index in [2.05, 4.69) is 5.32 Å². The minimum atomic E-state index is 0.0655. The van der Waals surface area contributed by atoms with Crippen LogP contribution < -0.4 is 15.6 Å². The Kier molecular flexibility index (Phi) is 5.39. The highest BCUT2D eigenvalue weighted by Crippen LogP contribution is 2.24. The van der Waals surface area contributed by atoms with Crippen LogP contribution in [0.4, 0.5) is 0 Å². The van der Waals surface area contributed by atoms with E-state index in [9.17, 15) is 4.79 Å². The molecule has 0 aliphatic heterocycles. The molecule has 22 heavy (non-hydrogen) atoms. The molecule has 0 aliphatic rings. The van der Waals surface area contributed by atoms with Crippen LogP contribution in [0, 0.1) is 0 Å². The minimum Gasteiger partial charge on any atom is -0.494 e. The van der Waals surface area contributed by atoms with Gasteiger partial charge in [0.05, 0.1) is 12.3 Å². The Bertz CT molecular complexity index is 672. The molecule has 0 saturated carbocycles. The van der Waals surface area contributed by atoms with Crippen molar-refractivity contribution in [1.29, 1.82) is 0 Å². The summed E-state index contributed by atoms with van der Waals surface area (Å²) in [6.07, 6.45) is 0. The SMILES string of the molecule is CCOc1ccc(-c2ccc(CNC)c(=O)n2C(C)C)cc1. The maximum absolute atomic E-state index is 12.7. The lowest BCUT2D eigenvalue weighted by atomic mass is 10.1. The molecule has 0 aliphatic carbocycles. The van der Waals surface area contributed by atoms with E-state index in [1.54, 1.807) is 0 Å². The second-order valence-electron chi connectivity index (χ2n) is 5.50. The summed E-state index contributed by atoms with van der Waals surface area (Å²) in [5.74, 6) is 0.844. The molecule has 1 aromatic carbocycles. The van der Waals surface area contributed by atoms with E-state index in [1.165, 1.54) is 0 Å². The molecule has 0 bridgehead atoms. The third kappa shape index (κ3) is 3.39. The molecule has 0 saturated heterocycles. The molecular formula is C18H24N2O2. The summed E-state index contributed by atoms with van der Waals surface area (Å²) in [6.45, 7) is 7.25. The van der Waals surface area contributed by atoms with Crippen molar-refractivity contribution in [1.82, 2.24) is 9.88 Å². The van der Waals surface area contributed by atoms with Gasteiger partial charge < -0.3 is 14.6 Å². The molecule has 1 aromatic heterocycles. The fourth-order valence-electron chi connectivity index (χ4n) is 2.56. The summed E-state index contributed by atoms with van der Waals surface area (Å²) >= 11 is 0. The molecule has 4 heteroatoms. The molecule has 0 spiro atoms. The van der Waals surface area contributed by atoms with E-state index >= 15 is 0 Å². The Morgan fingerprint density at radius 2 is 1.82 bits per heavy atom. The van der Waals surface area contributed by atoms with Gasteiger partial charge in [0.25, 0.3) is 5.56 Å². The first-order chi connectivity index (χ1) is 10.6. The van der Waals surface area contributed by atoms with Crippen LogP contribution in [0.3, 0.4) is 0 Å². The van der Waals surface area contributed by atoms with Gasteiger partial charge in [0.1, 0.15) is 5.75 Å². The summed E-state index contributed by atoms with van der Waals surface area (Å²) in [4.78, 5) is 12.7. The lowest BCUT2D eigenvalue weighted by molar-refractivity contribution is 0.340. The zero-order chi connectivity index (χ0) is 16.1. The first-order valence-corrected chi connectivity index (χ1v) is 7.70. The summed E-state index contributed by atoms with van der Waals surface area (Å²) in [6, 6.07) is 11.9. The van der Waals surface area contributed by atoms with Crippen LogP contribution in [0.2, 0.25) is 0 Å². The van der Waals surface area contributed by atoms with Crippen LogP contribution in [0.1, 0.15) is 32.4 Å². The van der Waals surface area contributed by atoms with Crippen molar-refractivity contribution < 1.29 is 4.74 Å². The molecule has 0 unspecified atom stereocenters. The van der Waals surface area contributed by atoms with Gasteiger partial charge in [0.2, 0.25) is 0 Å². The van der Waals surface area contributed by atoms with Crippen LogP contribution in [0.5, 0.6) is 5.75 Å². The fraction of sp³-hybridized carbons (Fsp3) is 0.389. The van der Waals surface area contributed by atoms with Crippen molar-refractivity contribution >= 4 is 0 Å². The Hall–Kier alpha value is -2.07.